The molecule has 1 aromatic heterocycles. The molecular weight excluding hydrogens is 350 g/mol. The molecule has 0 aliphatic heterocycles. The van der Waals surface area contributed by atoms with Crippen LogP contribution in [0.5, 0.6) is 5.75 Å². The monoisotopic (exact) mass is 371 g/mol. The van der Waals surface area contributed by atoms with E-state index in [2.05, 4.69) is 4.98 Å². The van der Waals surface area contributed by atoms with Crippen LogP contribution >= 0.6 is 0 Å². The van der Waals surface area contributed by atoms with Gasteiger partial charge in [0.15, 0.2) is 0 Å². The molecule has 0 spiro atoms. The predicted octanol–water partition coefficient (Wildman–Crippen LogP) is 4.61. The molecule has 0 bridgehead atoms. The van der Waals surface area contributed by atoms with Crippen LogP contribution in [0.15, 0.2) is 62.9 Å². The van der Waals surface area contributed by atoms with Crippen LogP contribution in [0.25, 0.3) is 11.5 Å². The van der Waals surface area contributed by atoms with Gasteiger partial charge in [-0.25, -0.2) is 13.4 Å². The average Bonchev–Trinajstić information content (AvgIpc) is 3.12. The number of sulfone groups is 1. The third-order valence-corrected chi connectivity index (χ3v) is 5.92. The van der Waals surface area contributed by atoms with Crippen LogP contribution in [0.4, 0.5) is 0 Å². The Labute approximate surface area is 153 Å². The number of ether oxygens (including phenoxy) is 1. The first-order valence-electron chi connectivity index (χ1n) is 8.28. The lowest BCUT2D eigenvalue weighted by Gasteiger charge is -2.10. The summed E-state index contributed by atoms with van der Waals surface area (Å²) in [4.78, 5) is 4.87. The molecule has 6 heteroatoms. The molecule has 0 amide bonds. The fraction of sp³-hybridized carbons (Fsp3) is 0.250. The maximum absolute atomic E-state index is 12.9. The van der Waals surface area contributed by atoms with Crippen molar-refractivity contribution in [2.24, 2.45) is 0 Å². The zero-order chi connectivity index (χ0) is 18.9. The lowest BCUT2D eigenvalue weighted by atomic mass is 10.1. The average molecular weight is 371 g/mol. The second-order valence-corrected chi connectivity index (χ2v) is 8.36. The fourth-order valence-electron chi connectivity index (χ4n) is 2.55. The quantitative estimate of drug-likeness (QED) is 0.655. The highest BCUT2D eigenvalue weighted by atomic mass is 32.2. The second-order valence-electron chi connectivity index (χ2n) is 6.41. The van der Waals surface area contributed by atoms with Gasteiger partial charge in [0.05, 0.1) is 28.2 Å². The molecule has 3 aromatic rings. The molecule has 0 radical (unpaired) electrons. The molecule has 0 aliphatic carbocycles. The first-order chi connectivity index (χ1) is 12.3. The molecule has 26 heavy (non-hydrogen) atoms. The van der Waals surface area contributed by atoms with Crippen molar-refractivity contribution in [1.29, 1.82) is 0 Å². The minimum absolute atomic E-state index is 0.168. The van der Waals surface area contributed by atoms with E-state index >= 15 is 0 Å². The zero-order valence-corrected chi connectivity index (χ0v) is 16.0. The number of nitrogens with zero attached hydrogens (tertiary/aromatic N) is 1. The maximum Gasteiger partial charge on any atom is 0.229 e. The Morgan fingerprint density at radius 2 is 1.69 bits per heavy atom. The first kappa shape index (κ1) is 18.2. The van der Waals surface area contributed by atoms with Crippen molar-refractivity contribution >= 4 is 9.84 Å². The van der Waals surface area contributed by atoms with Gasteiger partial charge in [-0.3, -0.25) is 0 Å². The van der Waals surface area contributed by atoms with E-state index in [1.807, 2.05) is 20.8 Å². The van der Waals surface area contributed by atoms with Crippen LogP contribution in [0, 0.1) is 6.92 Å². The number of hydrogen-bond acceptors (Lipinski definition) is 5. The Morgan fingerprint density at radius 1 is 1.04 bits per heavy atom. The van der Waals surface area contributed by atoms with Crippen molar-refractivity contribution in [3.05, 3.63) is 60.0 Å². The fourth-order valence-corrected chi connectivity index (χ4v) is 3.84. The molecular formula is C20H21NO4S. The summed E-state index contributed by atoms with van der Waals surface area (Å²) in [6.45, 7) is 5.94. The van der Waals surface area contributed by atoms with Crippen molar-refractivity contribution in [2.75, 3.05) is 7.11 Å². The zero-order valence-electron chi connectivity index (χ0n) is 15.2. The van der Waals surface area contributed by atoms with Gasteiger partial charge in [0, 0.05) is 0 Å². The third kappa shape index (κ3) is 3.37. The number of rotatable bonds is 5. The Kier molecular flexibility index (Phi) is 4.87. The summed E-state index contributed by atoms with van der Waals surface area (Å²) in [6, 6.07) is 11.5. The van der Waals surface area contributed by atoms with Gasteiger partial charge in [-0.2, -0.15) is 0 Å². The van der Waals surface area contributed by atoms with Gasteiger partial charge >= 0.3 is 0 Å². The van der Waals surface area contributed by atoms with E-state index in [0.29, 0.717) is 17.2 Å². The molecule has 0 N–H and O–H groups in total. The van der Waals surface area contributed by atoms with E-state index in [1.165, 1.54) is 13.2 Å². The number of aromatic nitrogens is 1. The molecule has 0 atom stereocenters. The minimum atomic E-state index is -3.65. The lowest BCUT2D eigenvalue weighted by molar-refractivity contribution is 0.414. The van der Waals surface area contributed by atoms with Gasteiger partial charge in [0.25, 0.3) is 0 Å². The number of hydrogen-bond donors (Lipinski definition) is 0. The summed E-state index contributed by atoms with van der Waals surface area (Å²) in [5.41, 5.74) is 2.31. The van der Waals surface area contributed by atoms with E-state index in [9.17, 15) is 8.42 Å². The number of aryl methyl sites for hydroxylation is 1. The molecule has 2 aromatic carbocycles. The summed E-state index contributed by atoms with van der Waals surface area (Å²) < 4.78 is 36.8. The Morgan fingerprint density at radius 3 is 2.27 bits per heavy atom. The predicted molar refractivity (Wildman–Crippen MR) is 99.2 cm³/mol. The van der Waals surface area contributed by atoms with Crippen molar-refractivity contribution in [3.63, 3.8) is 0 Å². The van der Waals surface area contributed by atoms with Crippen LogP contribution in [0.1, 0.15) is 31.0 Å². The van der Waals surface area contributed by atoms with Crippen molar-refractivity contribution in [3.8, 4) is 17.2 Å². The molecule has 0 fully saturated rings. The van der Waals surface area contributed by atoms with Gasteiger partial charge in [0.1, 0.15) is 12.0 Å². The van der Waals surface area contributed by atoms with Gasteiger partial charge < -0.3 is 9.15 Å². The van der Waals surface area contributed by atoms with Gasteiger partial charge in [-0.15, -0.1) is 0 Å². The maximum atomic E-state index is 12.9. The summed E-state index contributed by atoms with van der Waals surface area (Å²) >= 11 is 0. The topological polar surface area (TPSA) is 69.4 Å². The molecule has 5 nitrogen and oxygen atoms in total. The minimum Gasteiger partial charge on any atom is -0.496 e. The molecule has 3 rings (SSSR count). The summed E-state index contributed by atoms with van der Waals surface area (Å²) in [7, 11) is -2.12. The third-order valence-electron chi connectivity index (χ3n) is 4.16. The normalized spacial score (nSPS) is 11.7. The number of methoxy groups -OCH3 is 1. The molecule has 0 aliphatic rings. The van der Waals surface area contributed by atoms with Crippen LogP contribution in [0.2, 0.25) is 0 Å². The smallest absolute Gasteiger partial charge is 0.229 e. The largest absolute Gasteiger partial charge is 0.496 e. The van der Waals surface area contributed by atoms with Crippen molar-refractivity contribution in [2.45, 2.75) is 36.5 Å². The molecule has 0 saturated carbocycles. The molecule has 1 heterocycles. The van der Waals surface area contributed by atoms with Gasteiger partial charge in [-0.05, 0) is 43.2 Å². The van der Waals surface area contributed by atoms with Gasteiger partial charge in [0.2, 0.25) is 15.7 Å². The van der Waals surface area contributed by atoms with Crippen LogP contribution in [-0.2, 0) is 9.84 Å². The van der Waals surface area contributed by atoms with Crippen LogP contribution in [-0.4, -0.2) is 20.5 Å². The SMILES string of the molecule is COc1ccc(S(=O)(=O)c2ccc(C)cc2)cc1-c1nc(C(C)C)co1. The molecule has 0 unspecified atom stereocenters. The van der Waals surface area contributed by atoms with E-state index < -0.39 is 9.84 Å². The highest BCUT2D eigenvalue weighted by Gasteiger charge is 2.22. The van der Waals surface area contributed by atoms with Crippen LogP contribution < -0.4 is 4.74 Å². The summed E-state index contributed by atoms with van der Waals surface area (Å²) in [6.07, 6.45) is 1.58. The molecule has 0 saturated heterocycles. The summed E-state index contributed by atoms with van der Waals surface area (Å²) in [5, 5.41) is 0. The van der Waals surface area contributed by atoms with E-state index in [1.54, 1.807) is 42.7 Å². The van der Waals surface area contributed by atoms with Crippen molar-refractivity contribution < 1.29 is 17.6 Å². The Hall–Kier alpha value is -2.60. The number of oxazole rings is 1. The van der Waals surface area contributed by atoms with E-state index in [-0.39, 0.29) is 15.7 Å². The molecule has 136 valence electrons. The van der Waals surface area contributed by atoms with E-state index in [4.69, 9.17) is 9.15 Å². The second kappa shape index (κ2) is 6.96. The van der Waals surface area contributed by atoms with Gasteiger partial charge in [-0.1, -0.05) is 31.5 Å². The standard InChI is InChI=1S/C20H21NO4S/c1-13(2)18-12-25-20(21-18)17-11-16(9-10-19(17)24-4)26(22,23)15-7-5-14(3)6-8-15/h5-13H,1-4H3. The van der Waals surface area contributed by atoms with Crippen molar-refractivity contribution in [1.82, 2.24) is 4.98 Å². The lowest BCUT2D eigenvalue weighted by Crippen LogP contribution is -2.03. The highest BCUT2D eigenvalue weighted by molar-refractivity contribution is 7.91. The Balaban J connectivity index is 2.11. The number of benzene rings is 2. The van der Waals surface area contributed by atoms with Crippen LogP contribution in [0.3, 0.4) is 0 Å². The van der Waals surface area contributed by atoms with E-state index in [0.717, 1.165) is 11.3 Å². The Bertz CT molecular complexity index is 1020. The first-order valence-corrected chi connectivity index (χ1v) is 9.77. The summed E-state index contributed by atoms with van der Waals surface area (Å²) in [5.74, 6) is 1.05. The highest BCUT2D eigenvalue weighted by Crippen LogP contribution is 2.34.